The van der Waals surface area contributed by atoms with Crippen molar-refractivity contribution < 1.29 is 4.42 Å². The van der Waals surface area contributed by atoms with Crippen molar-refractivity contribution in [3.8, 4) is 17.5 Å². The van der Waals surface area contributed by atoms with Crippen LogP contribution in [-0.4, -0.2) is 9.55 Å². The zero-order valence-electron chi connectivity index (χ0n) is 10.8. The van der Waals surface area contributed by atoms with Crippen LogP contribution in [0.2, 0.25) is 0 Å². The molecule has 0 fully saturated rings. The predicted octanol–water partition coefficient (Wildman–Crippen LogP) is 3.50. The summed E-state index contributed by atoms with van der Waals surface area (Å²) in [5.74, 6) is 1.74. The molecule has 94 valence electrons. The molecule has 0 bridgehead atoms. The minimum Gasteiger partial charge on any atom is -0.469 e. The average molecular weight is 251 g/mol. The summed E-state index contributed by atoms with van der Waals surface area (Å²) in [6, 6.07) is 9.70. The molecule has 0 saturated carbocycles. The summed E-state index contributed by atoms with van der Waals surface area (Å²) in [4.78, 5) is 4.63. The molecule has 0 N–H and O–H groups in total. The Balaban J connectivity index is 2.27. The molecule has 4 nitrogen and oxygen atoms in total. The maximum Gasteiger partial charge on any atom is 0.144 e. The summed E-state index contributed by atoms with van der Waals surface area (Å²) in [6.45, 7) is 4.81. The number of aryl methyl sites for hydroxylation is 2. The van der Waals surface area contributed by atoms with Gasteiger partial charge in [-0.2, -0.15) is 5.26 Å². The molecular formula is C15H13N3O. The average Bonchev–Trinajstić information content (AvgIpc) is 3.00. The summed E-state index contributed by atoms with van der Waals surface area (Å²) < 4.78 is 7.48. The van der Waals surface area contributed by atoms with E-state index in [1.54, 1.807) is 6.26 Å². The molecule has 3 aromatic rings. The fraction of sp³-hybridized carbons (Fsp3) is 0.200. The summed E-state index contributed by atoms with van der Waals surface area (Å²) in [5, 5.41) is 8.95. The van der Waals surface area contributed by atoms with E-state index in [4.69, 9.17) is 9.68 Å². The lowest BCUT2D eigenvalue weighted by atomic mass is 10.2. The molecular weight excluding hydrogens is 238 g/mol. The van der Waals surface area contributed by atoms with E-state index in [0.29, 0.717) is 5.56 Å². The first-order valence-electron chi connectivity index (χ1n) is 6.19. The lowest BCUT2D eigenvalue weighted by Crippen LogP contribution is -1.96. The zero-order valence-corrected chi connectivity index (χ0v) is 10.8. The highest BCUT2D eigenvalue weighted by Crippen LogP contribution is 2.26. The van der Waals surface area contributed by atoms with Crippen LogP contribution < -0.4 is 0 Å². The van der Waals surface area contributed by atoms with Crippen LogP contribution in [0.25, 0.3) is 22.4 Å². The molecule has 0 aliphatic heterocycles. The fourth-order valence-corrected chi connectivity index (χ4v) is 2.30. The molecule has 1 aromatic carbocycles. The Hall–Kier alpha value is -2.54. The maximum atomic E-state index is 8.95. The van der Waals surface area contributed by atoms with Gasteiger partial charge in [0.1, 0.15) is 17.8 Å². The number of benzene rings is 1. The molecule has 19 heavy (non-hydrogen) atoms. The minimum absolute atomic E-state index is 0.628. The number of furan rings is 1. The SMILES string of the molecule is CCn1c(-c2coc(C)c2)nc2cc(C#N)ccc21. The number of aromatic nitrogens is 2. The third kappa shape index (κ3) is 1.80. The topological polar surface area (TPSA) is 54.8 Å². The Morgan fingerprint density at radius 3 is 2.84 bits per heavy atom. The van der Waals surface area contributed by atoms with Gasteiger partial charge in [0.25, 0.3) is 0 Å². The number of nitriles is 1. The third-order valence-corrected chi connectivity index (χ3v) is 3.18. The van der Waals surface area contributed by atoms with Crippen LogP contribution in [-0.2, 0) is 6.54 Å². The summed E-state index contributed by atoms with van der Waals surface area (Å²) in [6.07, 6.45) is 1.72. The van der Waals surface area contributed by atoms with Crippen molar-refractivity contribution >= 4 is 11.0 Å². The molecule has 0 saturated heterocycles. The van der Waals surface area contributed by atoms with Crippen molar-refractivity contribution in [2.75, 3.05) is 0 Å². The van der Waals surface area contributed by atoms with E-state index in [1.807, 2.05) is 31.2 Å². The van der Waals surface area contributed by atoms with Crippen LogP contribution in [0, 0.1) is 18.3 Å². The van der Waals surface area contributed by atoms with Gasteiger partial charge < -0.3 is 8.98 Å². The quantitative estimate of drug-likeness (QED) is 0.700. The highest BCUT2D eigenvalue weighted by molar-refractivity contribution is 5.81. The van der Waals surface area contributed by atoms with Crippen molar-refractivity contribution in [1.29, 1.82) is 5.26 Å². The standard InChI is InChI=1S/C15H13N3O/c1-3-18-14-5-4-11(8-16)7-13(14)17-15(18)12-6-10(2)19-9-12/h4-7,9H,3H2,1-2H3. The van der Waals surface area contributed by atoms with Gasteiger partial charge >= 0.3 is 0 Å². The second kappa shape index (κ2) is 4.29. The Kier molecular flexibility index (Phi) is 2.60. The van der Waals surface area contributed by atoms with Gasteiger partial charge in [0.05, 0.1) is 28.2 Å². The summed E-state index contributed by atoms with van der Waals surface area (Å²) in [7, 11) is 0. The highest BCUT2D eigenvalue weighted by atomic mass is 16.3. The first kappa shape index (κ1) is 11.5. The molecule has 0 radical (unpaired) electrons. The van der Waals surface area contributed by atoms with Crippen molar-refractivity contribution in [3.05, 3.63) is 41.9 Å². The lowest BCUT2D eigenvalue weighted by Gasteiger charge is -2.03. The number of fused-ring (bicyclic) bond motifs is 1. The van der Waals surface area contributed by atoms with E-state index in [0.717, 1.165) is 34.7 Å². The van der Waals surface area contributed by atoms with E-state index in [1.165, 1.54) is 0 Å². The molecule has 0 amide bonds. The molecule has 0 atom stereocenters. The van der Waals surface area contributed by atoms with E-state index in [-0.39, 0.29) is 0 Å². The van der Waals surface area contributed by atoms with E-state index in [9.17, 15) is 0 Å². The molecule has 0 aliphatic rings. The molecule has 0 aliphatic carbocycles. The van der Waals surface area contributed by atoms with Crippen LogP contribution in [0.1, 0.15) is 18.2 Å². The van der Waals surface area contributed by atoms with Gasteiger partial charge in [0.15, 0.2) is 0 Å². The predicted molar refractivity (Wildman–Crippen MR) is 72.6 cm³/mol. The second-order valence-electron chi connectivity index (χ2n) is 4.44. The van der Waals surface area contributed by atoms with Gasteiger partial charge in [-0.3, -0.25) is 0 Å². The Morgan fingerprint density at radius 1 is 1.37 bits per heavy atom. The van der Waals surface area contributed by atoms with Gasteiger partial charge in [-0.15, -0.1) is 0 Å². The number of hydrogen-bond acceptors (Lipinski definition) is 3. The number of nitrogens with zero attached hydrogens (tertiary/aromatic N) is 3. The van der Waals surface area contributed by atoms with Crippen LogP contribution in [0.15, 0.2) is 34.9 Å². The third-order valence-electron chi connectivity index (χ3n) is 3.18. The molecule has 2 aromatic heterocycles. The van der Waals surface area contributed by atoms with Gasteiger partial charge in [0.2, 0.25) is 0 Å². The van der Waals surface area contributed by atoms with Gasteiger partial charge in [-0.1, -0.05) is 0 Å². The Bertz CT molecular complexity index is 789. The van der Waals surface area contributed by atoms with Crippen LogP contribution >= 0.6 is 0 Å². The fourth-order valence-electron chi connectivity index (χ4n) is 2.30. The van der Waals surface area contributed by atoms with Crippen molar-refractivity contribution in [2.24, 2.45) is 0 Å². The normalized spacial score (nSPS) is 10.8. The first-order valence-corrected chi connectivity index (χ1v) is 6.19. The van der Waals surface area contributed by atoms with Crippen molar-refractivity contribution in [2.45, 2.75) is 20.4 Å². The van der Waals surface area contributed by atoms with Crippen molar-refractivity contribution in [1.82, 2.24) is 9.55 Å². The number of imidazole rings is 1. The van der Waals surface area contributed by atoms with Crippen molar-refractivity contribution in [3.63, 3.8) is 0 Å². The molecule has 0 unspecified atom stereocenters. The lowest BCUT2D eigenvalue weighted by molar-refractivity contribution is 0.534. The number of rotatable bonds is 2. The largest absolute Gasteiger partial charge is 0.469 e. The minimum atomic E-state index is 0.628. The summed E-state index contributed by atoms with van der Waals surface area (Å²) in [5.41, 5.74) is 3.47. The van der Waals surface area contributed by atoms with E-state index < -0.39 is 0 Å². The van der Waals surface area contributed by atoms with Crippen LogP contribution in [0.3, 0.4) is 0 Å². The van der Waals surface area contributed by atoms with E-state index >= 15 is 0 Å². The molecule has 0 spiro atoms. The maximum absolute atomic E-state index is 8.95. The number of hydrogen-bond donors (Lipinski definition) is 0. The van der Waals surface area contributed by atoms with Gasteiger partial charge in [-0.05, 0) is 38.1 Å². The molecule has 2 heterocycles. The summed E-state index contributed by atoms with van der Waals surface area (Å²) >= 11 is 0. The Labute approximate surface area is 110 Å². The first-order chi connectivity index (χ1) is 9.22. The second-order valence-corrected chi connectivity index (χ2v) is 4.44. The Morgan fingerprint density at radius 2 is 2.21 bits per heavy atom. The van der Waals surface area contributed by atoms with Gasteiger partial charge in [0, 0.05) is 6.54 Å². The monoisotopic (exact) mass is 251 g/mol. The van der Waals surface area contributed by atoms with Crippen LogP contribution in [0.5, 0.6) is 0 Å². The molecule has 4 heteroatoms. The molecule has 3 rings (SSSR count). The zero-order chi connectivity index (χ0) is 13.4. The van der Waals surface area contributed by atoms with Crippen LogP contribution in [0.4, 0.5) is 0 Å². The smallest absolute Gasteiger partial charge is 0.144 e. The van der Waals surface area contributed by atoms with E-state index in [2.05, 4.69) is 22.5 Å². The van der Waals surface area contributed by atoms with Gasteiger partial charge in [-0.25, -0.2) is 4.98 Å². The highest BCUT2D eigenvalue weighted by Gasteiger charge is 2.13.